The largest absolute Gasteiger partial charge is 0.365 e. The predicted octanol–water partition coefficient (Wildman–Crippen LogP) is 3.32. The maximum atomic E-state index is 12.3. The number of carbonyl (C=O) groups excluding carboxylic acids is 1. The smallest absolute Gasteiger partial charge is 0.261 e. The number of benzene rings is 1. The SMILES string of the molecule is NC(=O)c1sc2c(ccc(=O)n2CC2CC2)c1Nc1ccccc1. The zero-order valence-corrected chi connectivity index (χ0v) is 13.8. The fraction of sp³-hybridized carbons (Fsp3) is 0.222. The molecule has 1 aliphatic carbocycles. The van der Waals surface area contributed by atoms with Gasteiger partial charge in [-0.2, -0.15) is 0 Å². The van der Waals surface area contributed by atoms with E-state index in [-0.39, 0.29) is 5.56 Å². The molecule has 5 nitrogen and oxygen atoms in total. The van der Waals surface area contributed by atoms with Gasteiger partial charge in [-0.05, 0) is 37.0 Å². The molecule has 24 heavy (non-hydrogen) atoms. The highest BCUT2D eigenvalue weighted by Gasteiger charge is 2.25. The number of hydrogen-bond donors (Lipinski definition) is 2. The van der Waals surface area contributed by atoms with Crippen LogP contribution in [0.3, 0.4) is 0 Å². The molecule has 0 aliphatic heterocycles. The summed E-state index contributed by atoms with van der Waals surface area (Å²) in [5.41, 5.74) is 7.10. The van der Waals surface area contributed by atoms with Crippen LogP contribution in [0.5, 0.6) is 0 Å². The van der Waals surface area contributed by atoms with Gasteiger partial charge in [-0.1, -0.05) is 18.2 Å². The van der Waals surface area contributed by atoms with Crippen LogP contribution < -0.4 is 16.6 Å². The summed E-state index contributed by atoms with van der Waals surface area (Å²) in [5, 5.41) is 4.15. The summed E-state index contributed by atoms with van der Waals surface area (Å²) in [6.07, 6.45) is 2.32. The van der Waals surface area contributed by atoms with Gasteiger partial charge in [0.05, 0.1) is 5.69 Å². The lowest BCUT2D eigenvalue weighted by Crippen LogP contribution is -2.19. The van der Waals surface area contributed by atoms with E-state index in [2.05, 4.69) is 5.32 Å². The number of fused-ring (bicyclic) bond motifs is 1. The highest BCUT2D eigenvalue weighted by Crippen LogP contribution is 2.38. The fourth-order valence-electron chi connectivity index (χ4n) is 2.83. The first-order chi connectivity index (χ1) is 11.6. The predicted molar refractivity (Wildman–Crippen MR) is 97.1 cm³/mol. The number of aromatic nitrogens is 1. The van der Waals surface area contributed by atoms with Crippen molar-refractivity contribution in [3.63, 3.8) is 0 Å². The Morgan fingerprint density at radius 1 is 1.21 bits per heavy atom. The van der Waals surface area contributed by atoms with Gasteiger partial charge in [-0.25, -0.2) is 0 Å². The second-order valence-electron chi connectivity index (χ2n) is 6.11. The number of amides is 1. The Morgan fingerprint density at radius 3 is 2.62 bits per heavy atom. The van der Waals surface area contributed by atoms with E-state index >= 15 is 0 Å². The second kappa shape index (κ2) is 5.79. The van der Waals surface area contributed by atoms with Gasteiger partial charge in [0.1, 0.15) is 9.71 Å². The molecule has 3 N–H and O–H groups in total. The molecule has 1 aromatic carbocycles. The minimum atomic E-state index is -0.486. The number of nitrogens with zero attached hydrogens (tertiary/aromatic N) is 1. The summed E-state index contributed by atoms with van der Waals surface area (Å²) >= 11 is 1.29. The summed E-state index contributed by atoms with van der Waals surface area (Å²) < 4.78 is 1.78. The van der Waals surface area contributed by atoms with Crippen molar-refractivity contribution in [3.05, 3.63) is 57.7 Å². The third kappa shape index (κ3) is 2.69. The van der Waals surface area contributed by atoms with Crippen molar-refractivity contribution in [2.45, 2.75) is 19.4 Å². The Labute approximate surface area is 142 Å². The number of hydrogen-bond acceptors (Lipinski definition) is 4. The number of anilines is 2. The van der Waals surface area contributed by atoms with Crippen molar-refractivity contribution in [2.75, 3.05) is 5.32 Å². The van der Waals surface area contributed by atoms with E-state index in [0.717, 1.165) is 28.7 Å². The molecule has 1 aliphatic rings. The Balaban J connectivity index is 1.89. The third-order valence-corrected chi connectivity index (χ3v) is 5.48. The Bertz CT molecular complexity index is 971. The van der Waals surface area contributed by atoms with Gasteiger partial charge >= 0.3 is 0 Å². The topological polar surface area (TPSA) is 77.1 Å². The molecule has 0 bridgehead atoms. The number of para-hydroxylation sites is 1. The Morgan fingerprint density at radius 2 is 1.96 bits per heavy atom. The molecule has 3 aromatic rings. The van der Waals surface area contributed by atoms with Gasteiger partial charge in [0.15, 0.2) is 0 Å². The molecule has 6 heteroatoms. The maximum absolute atomic E-state index is 12.3. The molecular formula is C18H17N3O2S. The number of nitrogens with one attached hydrogen (secondary N) is 1. The van der Waals surface area contributed by atoms with Crippen LogP contribution in [0.25, 0.3) is 10.2 Å². The maximum Gasteiger partial charge on any atom is 0.261 e. The summed E-state index contributed by atoms with van der Waals surface area (Å²) in [6.45, 7) is 0.708. The normalized spacial score (nSPS) is 14.0. The van der Waals surface area contributed by atoms with Crippen molar-refractivity contribution >= 4 is 38.8 Å². The minimum Gasteiger partial charge on any atom is -0.365 e. The molecule has 0 atom stereocenters. The van der Waals surface area contributed by atoms with E-state index in [1.54, 1.807) is 16.7 Å². The van der Waals surface area contributed by atoms with Gasteiger partial charge in [-0.3, -0.25) is 14.2 Å². The lowest BCUT2D eigenvalue weighted by molar-refractivity contribution is 0.100. The molecule has 4 rings (SSSR count). The van der Waals surface area contributed by atoms with Crippen LogP contribution in [-0.4, -0.2) is 10.5 Å². The fourth-order valence-corrected chi connectivity index (χ4v) is 3.94. The van der Waals surface area contributed by atoms with Gasteiger partial charge in [0, 0.05) is 23.7 Å². The molecule has 1 fully saturated rings. The first kappa shape index (κ1) is 15.0. The molecule has 2 aromatic heterocycles. The van der Waals surface area contributed by atoms with Crippen LogP contribution in [0.1, 0.15) is 22.5 Å². The van der Waals surface area contributed by atoms with Crippen molar-refractivity contribution < 1.29 is 4.79 Å². The van der Waals surface area contributed by atoms with Crippen molar-refractivity contribution in [1.82, 2.24) is 4.57 Å². The monoisotopic (exact) mass is 339 g/mol. The molecule has 122 valence electrons. The van der Waals surface area contributed by atoms with Crippen LogP contribution in [0.15, 0.2) is 47.3 Å². The van der Waals surface area contributed by atoms with Crippen molar-refractivity contribution in [3.8, 4) is 0 Å². The number of carbonyl (C=O) groups is 1. The van der Waals surface area contributed by atoms with E-state index in [1.807, 2.05) is 30.3 Å². The third-order valence-electron chi connectivity index (χ3n) is 4.23. The molecule has 1 amide bonds. The van der Waals surface area contributed by atoms with E-state index < -0.39 is 5.91 Å². The summed E-state index contributed by atoms with van der Waals surface area (Å²) in [4.78, 5) is 25.5. The quantitative estimate of drug-likeness (QED) is 0.748. The van der Waals surface area contributed by atoms with E-state index in [9.17, 15) is 9.59 Å². The molecule has 0 unspecified atom stereocenters. The van der Waals surface area contributed by atoms with Gasteiger partial charge < -0.3 is 11.1 Å². The lowest BCUT2D eigenvalue weighted by Gasteiger charge is -2.08. The Hall–Kier alpha value is -2.60. The van der Waals surface area contributed by atoms with Gasteiger partial charge in [0.25, 0.3) is 11.5 Å². The number of pyridine rings is 1. The second-order valence-corrected chi connectivity index (χ2v) is 7.10. The van der Waals surface area contributed by atoms with Crippen LogP contribution >= 0.6 is 11.3 Å². The summed E-state index contributed by atoms with van der Waals surface area (Å²) in [5.74, 6) is 0.0815. The van der Waals surface area contributed by atoms with Crippen LogP contribution in [0.4, 0.5) is 11.4 Å². The molecule has 1 saturated carbocycles. The number of thiophene rings is 1. The zero-order valence-electron chi connectivity index (χ0n) is 13.0. The summed E-state index contributed by atoms with van der Waals surface area (Å²) in [7, 11) is 0. The zero-order chi connectivity index (χ0) is 16.7. The standard InChI is InChI=1S/C18H17N3O2S/c19-17(23)16-15(20-12-4-2-1-3-5-12)13-8-9-14(22)21(18(13)24-16)10-11-6-7-11/h1-5,8-9,11,20H,6-7,10H2,(H2,19,23). The molecule has 0 spiro atoms. The van der Waals surface area contributed by atoms with Crippen LogP contribution in [0, 0.1) is 5.92 Å². The minimum absolute atomic E-state index is 0.0297. The molecular weight excluding hydrogens is 322 g/mol. The lowest BCUT2D eigenvalue weighted by atomic mass is 10.2. The van der Waals surface area contributed by atoms with Crippen molar-refractivity contribution in [1.29, 1.82) is 0 Å². The van der Waals surface area contributed by atoms with Crippen LogP contribution in [0.2, 0.25) is 0 Å². The van der Waals surface area contributed by atoms with Gasteiger partial charge in [0.2, 0.25) is 0 Å². The van der Waals surface area contributed by atoms with Crippen LogP contribution in [-0.2, 0) is 6.54 Å². The first-order valence-corrected chi connectivity index (χ1v) is 8.73. The van der Waals surface area contributed by atoms with E-state index in [4.69, 9.17) is 5.73 Å². The number of primary amides is 1. The van der Waals surface area contributed by atoms with E-state index in [1.165, 1.54) is 11.3 Å². The average Bonchev–Trinajstić information content (AvgIpc) is 3.32. The first-order valence-electron chi connectivity index (χ1n) is 7.91. The summed E-state index contributed by atoms with van der Waals surface area (Å²) in [6, 6.07) is 13.0. The van der Waals surface area contributed by atoms with Crippen molar-refractivity contribution in [2.24, 2.45) is 11.7 Å². The highest BCUT2D eigenvalue weighted by molar-refractivity contribution is 7.21. The highest BCUT2D eigenvalue weighted by atomic mass is 32.1. The number of nitrogens with two attached hydrogens (primary N) is 1. The van der Waals surface area contributed by atoms with Gasteiger partial charge in [-0.15, -0.1) is 11.3 Å². The molecule has 2 heterocycles. The Kier molecular flexibility index (Phi) is 3.61. The number of rotatable bonds is 5. The molecule has 0 radical (unpaired) electrons. The average molecular weight is 339 g/mol. The van der Waals surface area contributed by atoms with E-state index in [0.29, 0.717) is 23.0 Å². The molecule has 0 saturated heterocycles.